The number of benzene rings is 1. The molecule has 1 aromatic rings. The van der Waals surface area contributed by atoms with Gasteiger partial charge < -0.3 is 10.1 Å². The second-order valence-electron chi connectivity index (χ2n) is 6.00. The average molecular weight is 310 g/mol. The molecule has 1 N–H and O–H groups in total. The molecule has 1 aromatic carbocycles. The van der Waals surface area contributed by atoms with Gasteiger partial charge >= 0.3 is 0 Å². The van der Waals surface area contributed by atoms with Gasteiger partial charge in [0.25, 0.3) is 0 Å². The Morgan fingerprint density at radius 3 is 2.38 bits per heavy atom. The Bertz CT molecular complexity index is 364. The number of hydrogen-bond acceptors (Lipinski definition) is 3. The van der Waals surface area contributed by atoms with E-state index in [1.807, 2.05) is 11.8 Å². The lowest BCUT2D eigenvalue weighted by atomic mass is 10.1. The van der Waals surface area contributed by atoms with E-state index < -0.39 is 0 Å². The van der Waals surface area contributed by atoms with Crippen molar-refractivity contribution in [2.75, 3.05) is 25.2 Å². The van der Waals surface area contributed by atoms with Crippen molar-refractivity contribution in [3.8, 4) is 5.75 Å². The molecule has 0 heterocycles. The van der Waals surface area contributed by atoms with Gasteiger partial charge in [0.05, 0.1) is 6.61 Å². The minimum Gasteiger partial charge on any atom is -0.493 e. The van der Waals surface area contributed by atoms with Crippen molar-refractivity contribution >= 4 is 11.8 Å². The molecule has 0 radical (unpaired) electrons. The van der Waals surface area contributed by atoms with Gasteiger partial charge in [0.2, 0.25) is 0 Å². The van der Waals surface area contributed by atoms with Crippen LogP contribution in [0.25, 0.3) is 0 Å². The van der Waals surface area contributed by atoms with E-state index in [9.17, 15) is 0 Å². The second kappa shape index (κ2) is 11.0. The number of hydrogen-bond donors (Lipinski definition) is 1. The van der Waals surface area contributed by atoms with Crippen LogP contribution >= 0.6 is 11.8 Å². The number of ether oxygens (including phenoxy) is 1. The molecule has 0 aromatic heterocycles. The second-order valence-corrected chi connectivity index (χ2v) is 6.99. The van der Waals surface area contributed by atoms with Gasteiger partial charge in [0.15, 0.2) is 0 Å². The van der Waals surface area contributed by atoms with E-state index in [0.717, 1.165) is 18.9 Å². The molecule has 0 amide bonds. The third-order valence-electron chi connectivity index (χ3n) is 3.44. The van der Waals surface area contributed by atoms with Crippen molar-refractivity contribution in [3.05, 3.63) is 29.8 Å². The minimum absolute atomic E-state index is 0.407. The lowest BCUT2D eigenvalue weighted by Crippen LogP contribution is -2.19. The summed E-state index contributed by atoms with van der Waals surface area (Å²) in [5, 5.41) is 3.60. The maximum absolute atomic E-state index is 5.72. The molecule has 21 heavy (non-hydrogen) atoms. The van der Waals surface area contributed by atoms with E-state index in [2.05, 4.69) is 56.6 Å². The fourth-order valence-corrected chi connectivity index (χ4v) is 2.59. The number of thioether (sulfide) groups is 1. The summed E-state index contributed by atoms with van der Waals surface area (Å²) in [6.07, 6.45) is 6.09. The van der Waals surface area contributed by atoms with Crippen molar-refractivity contribution in [1.82, 2.24) is 5.32 Å². The Labute approximate surface area is 135 Å². The zero-order chi connectivity index (χ0) is 15.5. The van der Waals surface area contributed by atoms with Gasteiger partial charge in [-0.05, 0) is 61.9 Å². The van der Waals surface area contributed by atoms with Crippen LogP contribution in [0.2, 0.25) is 0 Å². The minimum atomic E-state index is 0.407. The first kappa shape index (κ1) is 18.4. The summed E-state index contributed by atoms with van der Waals surface area (Å²) in [5.41, 5.74) is 1.33. The van der Waals surface area contributed by atoms with Gasteiger partial charge in [0.1, 0.15) is 5.75 Å². The lowest BCUT2D eigenvalue weighted by Gasteiger charge is -2.15. The fourth-order valence-electron chi connectivity index (χ4n) is 2.10. The van der Waals surface area contributed by atoms with Crippen LogP contribution in [0.5, 0.6) is 5.75 Å². The number of rotatable bonds is 11. The first-order valence-corrected chi connectivity index (χ1v) is 9.48. The number of nitrogens with one attached hydrogen (secondary N) is 1. The largest absolute Gasteiger partial charge is 0.493 e. The van der Waals surface area contributed by atoms with E-state index in [1.165, 1.54) is 30.6 Å². The van der Waals surface area contributed by atoms with Gasteiger partial charge in [-0.2, -0.15) is 11.8 Å². The molecule has 1 atom stereocenters. The highest BCUT2D eigenvalue weighted by molar-refractivity contribution is 7.98. The van der Waals surface area contributed by atoms with Gasteiger partial charge in [-0.25, -0.2) is 0 Å². The Hall–Kier alpha value is -0.670. The van der Waals surface area contributed by atoms with Crippen molar-refractivity contribution in [1.29, 1.82) is 0 Å². The topological polar surface area (TPSA) is 21.3 Å². The third kappa shape index (κ3) is 8.37. The molecule has 1 unspecified atom stereocenters. The molecule has 2 nitrogen and oxygen atoms in total. The maximum atomic E-state index is 5.72. The molecule has 120 valence electrons. The van der Waals surface area contributed by atoms with Gasteiger partial charge in [-0.1, -0.05) is 32.4 Å². The molecule has 0 saturated heterocycles. The number of unbranched alkanes of at least 4 members (excludes halogenated alkanes) is 2. The van der Waals surface area contributed by atoms with Crippen LogP contribution < -0.4 is 10.1 Å². The van der Waals surface area contributed by atoms with E-state index in [0.29, 0.717) is 12.0 Å². The molecule has 3 heteroatoms. The summed E-state index contributed by atoms with van der Waals surface area (Å²) in [6, 6.07) is 8.90. The quantitative estimate of drug-likeness (QED) is 0.587. The molecule has 0 saturated carbocycles. The summed E-state index contributed by atoms with van der Waals surface area (Å²) >= 11 is 1.94. The predicted molar refractivity (Wildman–Crippen MR) is 95.4 cm³/mol. The average Bonchev–Trinajstić information content (AvgIpc) is 2.49. The smallest absolute Gasteiger partial charge is 0.119 e. The van der Waals surface area contributed by atoms with Gasteiger partial charge in [-0.3, -0.25) is 0 Å². The monoisotopic (exact) mass is 309 g/mol. The van der Waals surface area contributed by atoms with Crippen molar-refractivity contribution in [3.63, 3.8) is 0 Å². The molecule has 1 rings (SSSR count). The SMILES string of the molecule is CSCCCCCNC(C)c1ccc(OCC(C)C)cc1. The van der Waals surface area contributed by atoms with E-state index >= 15 is 0 Å². The molecular weight excluding hydrogens is 278 g/mol. The summed E-state index contributed by atoms with van der Waals surface area (Å²) in [5.74, 6) is 2.82. The summed E-state index contributed by atoms with van der Waals surface area (Å²) in [6.45, 7) is 8.44. The summed E-state index contributed by atoms with van der Waals surface area (Å²) in [4.78, 5) is 0. The molecule has 0 aliphatic carbocycles. The van der Waals surface area contributed by atoms with E-state index in [-0.39, 0.29) is 0 Å². The zero-order valence-corrected chi connectivity index (χ0v) is 14.8. The molecule has 0 aliphatic rings. The van der Waals surface area contributed by atoms with Crippen LogP contribution in [0.1, 0.15) is 51.6 Å². The first-order chi connectivity index (χ1) is 10.1. The molecule has 0 aliphatic heterocycles. The van der Waals surface area contributed by atoms with Crippen LogP contribution in [-0.4, -0.2) is 25.2 Å². The van der Waals surface area contributed by atoms with Gasteiger partial charge in [-0.15, -0.1) is 0 Å². The van der Waals surface area contributed by atoms with Crippen molar-refractivity contribution in [2.45, 2.75) is 46.1 Å². The Balaban J connectivity index is 2.25. The Kier molecular flexibility index (Phi) is 9.60. The van der Waals surface area contributed by atoms with Gasteiger partial charge in [0, 0.05) is 6.04 Å². The first-order valence-electron chi connectivity index (χ1n) is 8.08. The molecular formula is C18H31NOS. The van der Waals surface area contributed by atoms with Crippen LogP contribution in [0.3, 0.4) is 0 Å². The van der Waals surface area contributed by atoms with Crippen LogP contribution in [0.15, 0.2) is 24.3 Å². The summed E-state index contributed by atoms with van der Waals surface area (Å²) in [7, 11) is 0. The summed E-state index contributed by atoms with van der Waals surface area (Å²) < 4.78 is 5.72. The highest BCUT2D eigenvalue weighted by Crippen LogP contribution is 2.18. The van der Waals surface area contributed by atoms with Crippen LogP contribution in [0.4, 0.5) is 0 Å². The van der Waals surface area contributed by atoms with E-state index in [4.69, 9.17) is 4.74 Å². The van der Waals surface area contributed by atoms with Crippen molar-refractivity contribution in [2.24, 2.45) is 5.92 Å². The Morgan fingerprint density at radius 2 is 1.76 bits per heavy atom. The van der Waals surface area contributed by atoms with E-state index in [1.54, 1.807) is 0 Å². The highest BCUT2D eigenvalue weighted by atomic mass is 32.2. The fraction of sp³-hybridized carbons (Fsp3) is 0.667. The maximum Gasteiger partial charge on any atom is 0.119 e. The normalized spacial score (nSPS) is 12.6. The van der Waals surface area contributed by atoms with Crippen LogP contribution in [0, 0.1) is 5.92 Å². The molecule has 0 fully saturated rings. The predicted octanol–water partition coefficient (Wildman–Crippen LogP) is 4.91. The lowest BCUT2D eigenvalue weighted by molar-refractivity contribution is 0.271. The van der Waals surface area contributed by atoms with Crippen LogP contribution in [-0.2, 0) is 0 Å². The molecule has 0 spiro atoms. The Morgan fingerprint density at radius 1 is 1.05 bits per heavy atom. The third-order valence-corrected chi connectivity index (χ3v) is 4.14. The standard InChI is InChI=1S/C18H31NOS/c1-15(2)14-20-18-10-8-17(9-11-18)16(3)19-12-6-5-7-13-21-4/h8-11,15-16,19H,5-7,12-14H2,1-4H3. The highest BCUT2D eigenvalue weighted by Gasteiger charge is 2.05. The van der Waals surface area contributed by atoms with Crippen molar-refractivity contribution < 1.29 is 4.74 Å². The molecule has 0 bridgehead atoms. The zero-order valence-electron chi connectivity index (χ0n) is 14.0.